The van der Waals surface area contributed by atoms with Crippen LogP contribution in [0.5, 0.6) is 0 Å². The highest BCUT2D eigenvalue weighted by Gasteiger charge is 2.15. The summed E-state index contributed by atoms with van der Waals surface area (Å²) in [5.74, 6) is -0.168. The smallest absolute Gasteiger partial charge is 0.232 e. The Kier molecular flexibility index (Phi) is 1.88. The molecule has 2 aromatic rings. The van der Waals surface area contributed by atoms with Crippen molar-refractivity contribution < 1.29 is 4.79 Å². The van der Waals surface area contributed by atoms with Crippen LogP contribution in [0.15, 0.2) is 18.7 Å². The van der Waals surface area contributed by atoms with E-state index in [1.54, 1.807) is 24.1 Å². The lowest BCUT2D eigenvalue weighted by Crippen LogP contribution is -2.08. The molecular formula is C8H9N5O. The maximum Gasteiger partial charge on any atom is 0.232 e. The summed E-state index contributed by atoms with van der Waals surface area (Å²) in [6, 6.07) is 0. The minimum absolute atomic E-state index is 0.168. The molecule has 72 valence electrons. The molecule has 0 aliphatic rings. The zero-order valence-electron chi connectivity index (χ0n) is 7.88. The number of hydrogen-bond acceptors (Lipinski definition) is 4. The van der Waals surface area contributed by atoms with Gasteiger partial charge in [-0.15, -0.1) is 5.10 Å². The molecule has 0 aliphatic heterocycles. The Balaban J connectivity index is 2.38. The lowest BCUT2D eigenvalue weighted by atomic mass is 10.2. The van der Waals surface area contributed by atoms with E-state index in [0.717, 1.165) is 0 Å². The molecule has 0 aromatic carbocycles. The fraction of sp³-hybridized carbons (Fsp3) is 0.250. The molecular weight excluding hydrogens is 182 g/mol. The van der Waals surface area contributed by atoms with Crippen LogP contribution in [0.3, 0.4) is 0 Å². The van der Waals surface area contributed by atoms with E-state index >= 15 is 0 Å². The summed E-state index contributed by atoms with van der Waals surface area (Å²) in [4.78, 5) is 15.7. The third kappa shape index (κ3) is 1.30. The zero-order valence-corrected chi connectivity index (χ0v) is 7.88. The van der Waals surface area contributed by atoms with Crippen LogP contribution in [0.4, 0.5) is 0 Å². The molecule has 14 heavy (non-hydrogen) atoms. The maximum atomic E-state index is 11.8. The van der Waals surface area contributed by atoms with E-state index in [0.29, 0.717) is 11.4 Å². The van der Waals surface area contributed by atoms with Gasteiger partial charge in [-0.05, 0) is 0 Å². The first-order valence-corrected chi connectivity index (χ1v) is 4.06. The van der Waals surface area contributed by atoms with E-state index in [1.807, 2.05) is 7.05 Å². The predicted molar refractivity (Wildman–Crippen MR) is 47.6 cm³/mol. The summed E-state index contributed by atoms with van der Waals surface area (Å²) in [5, 5.41) is 7.31. The van der Waals surface area contributed by atoms with Crippen molar-refractivity contribution in [3.63, 3.8) is 0 Å². The van der Waals surface area contributed by atoms with Crippen LogP contribution < -0.4 is 0 Å². The highest BCUT2D eigenvalue weighted by Crippen LogP contribution is 2.04. The third-order valence-corrected chi connectivity index (χ3v) is 1.88. The van der Waals surface area contributed by atoms with E-state index in [-0.39, 0.29) is 5.78 Å². The maximum absolute atomic E-state index is 11.8. The first-order chi connectivity index (χ1) is 6.68. The number of nitrogens with zero attached hydrogens (tertiary/aromatic N) is 5. The Morgan fingerprint density at radius 1 is 1.43 bits per heavy atom. The number of rotatable bonds is 2. The van der Waals surface area contributed by atoms with E-state index in [4.69, 9.17) is 0 Å². The first kappa shape index (κ1) is 8.61. The van der Waals surface area contributed by atoms with Gasteiger partial charge in [-0.2, -0.15) is 0 Å². The number of imidazole rings is 1. The summed E-state index contributed by atoms with van der Waals surface area (Å²) in [6.45, 7) is 0. The standard InChI is InChI=1S/C8H9N5O/c1-12-4-6(9-5-12)8(14)7-3-10-11-13(7)2/h3-5H,1-2H3. The Hall–Kier alpha value is -1.98. The van der Waals surface area contributed by atoms with E-state index in [2.05, 4.69) is 15.3 Å². The van der Waals surface area contributed by atoms with Crippen LogP contribution in [0.2, 0.25) is 0 Å². The van der Waals surface area contributed by atoms with Gasteiger partial charge in [0.15, 0.2) is 0 Å². The van der Waals surface area contributed by atoms with Gasteiger partial charge >= 0.3 is 0 Å². The van der Waals surface area contributed by atoms with Crippen LogP contribution in [-0.2, 0) is 14.1 Å². The number of aryl methyl sites for hydroxylation is 2. The van der Waals surface area contributed by atoms with Crippen LogP contribution >= 0.6 is 0 Å². The molecule has 2 heterocycles. The Morgan fingerprint density at radius 2 is 2.21 bits per heavy atom. The Labute approximate surface area is 80.2 Å². The quantitative estimate of drug-likeness (QED) is 0.615. The molecule has 0 spiro atoms. The van der Waals surface area contributed by atoms with Gasteiger partial charge in [-0.3, -0.25) is 4.79 Å². The third-order valence-electron chi connectivity index (χ3n) is 1.88. The first-order valence-electron chi connectivity index (χ1n) is 4.06. The lowest BCUT2D eigenvalue weighted by Gasteiger charge is -1.95. The summed E-state index contributed by atoms with van der Waals surface area (Å²) < 4.78 is 3.15. The summed E-state index contributed by atoms with van der Waals surface area (Å²) in [6.07, 6.45) is 4.67. The van der Waals surface area contributed by atoms with E-state index in [1.165, 1.54) is 10.9 Å². The summed E-state index contributed by atoms with van der Waals surface area (Å²) in [7, 11) is 3.48. The second-order valence-corrected chi connectivity index (χ2v) is 3.00. The average Bonchev–Trinajstić information content (AvgIpc) is 2.73. The van der Waals surface area contributed by atoms with Gasteiger partial charge in [-0.1, -0.05) is 5.21 Å². The van der Waals surface area contributed by atoms with Gasteiger partial charge in [-0.25, -0.2) is 9.67 Å². The van der Waals surface area contributed by atoms with Crippen LogP contribution in [0.1, 0.15) is 16.2 Å². The van der Waals surface area contributed by atoms with Crippen molar-refractivity contribution in [1.29, 1.82) is 0 Å². The fourth-order valence-electron chi connectivity index (χ4n) is 1.16. The van der Waals surface area contributed by atoms with Crippen molar-refractivity contribution in [3.8, 4) is 0 Å². The molecule has 0 saturated carbocycles. The average molecular weight is 191 g/mol. The Bertz CT molecular complexity index is 470. The van der Waals surface area contributed by atoms with E-state index in [9.17, 15) is 4.79 Å². The van der Waals surface area contributed by atoms with Crippen LogP contribution in [-0.4, -0.2) is 30.3 Å². The molecule has 0 saturated heterocycles. The molecule has 0 bridgehead atoms. The molecule has 0 radical (unpaired) electrons. The topological polar surface area (TPSA) is 65.6 Å². The van der Waals surface area contributed by atoms with Crippen LogP contribution in [0, 0.1) is 0 Å². The van der Waals surface area contributed by atoms with Crippen molar-refractivity contribution in [2.45, 2.75) is 0 Å². The normalized spacial score (nSPS) is 10.4. The number of ketones is 1. The van der Waals surface area contributed by atoms with Gasteiger partial charge in [0.2, 0.25) is 5.78 Å². The number of carbonyl (C=O) groups excluding carboxylic acids is 1. The molecule has 0 atom stereocenters. The van der Waals surface area contributed by atoms with Gasteiger partial charge in [0, 0.05) is 20.3 Å². The minimum atomic E-state index is -0.168. The minimum Gasteiger partial charge on any atom is -0.340 e. The highest BCUT2D eigenvalue weighted by atomic mass is 16.1. The number of hydrogen-bond donors (Lipinski definition) is 0. The molecule has 0 unspecified atom stereocenters. The summed E-state index contributed by atoms with van der Waals surface area (Å²) in [5.41, 5.74) is 0.835. The number of aromatic nitrogens is 5. The Morgan fingerprint density at radius 3 is 2.71 bits per heavy atom. The lowest BCUT2D eigenvalue weighted by molar-refractivity contribution is 0.102. The zero-order chi connectivity index (χ0) is 10.1. The van der Waals surface area contributed by atoms with Gasteiger partial charge < -0.3 is 4.57 Å². The highest BCUT2D eigenvalue weighted by molar-refractivity contribution is 6.06. The molecule has 2 aromatic heterocycles. The van der Waals surface area contributed by atoms with Gasteiger partial charge in [0.05, 0.1) is 12.5 Å². The van der Waals surface area contributed by atoms with Crippen molar-refractivity contribution in [2.75, 3.05) is 0 Å². The second kappa shape index (κ2) is 3.06. The van der Waals surface area contributed by atoms with Crippen LogP contribution in [0.25, 0.3) is 0 Å². The molecule has 0 N–H and O–H groups in total. The predicted octanol–water partition coefficient (Wildman–Crippen LogP) is -0.220. The largest absolute Gasteiger partial charge is 0.340 e. The van der Waals surface area contributed by atoms with E-state index < -0.39 is 0 Å². The molecule has 0 aliphatic carbocycles. The van der Waals surface area contributed by atoms with Gasteiger partial charge in [0.1, 0.15) is 11.4 Å². The summed E-state index contributed by atoms with van der Waals surface area (Å²) >= 11 is 0. The monoisotopic (exact) mass is 191 g/mol. The van der Waals surface area contributed by atoms with Crippen molar-refractivity contribution in [1.82, 2.24) is 24.5 Å². The second-order valence-electron chi connectivity index (χ2n) is 3.00. The van der Waals surface area contributed by atoms with Crippen molar-refractivity contribution in [3.05, 3.63) is 30.1 Å². The molecule has 0 fully saturated rings. The molecule has 2 rings (SSSR count). The molecule has 6 heteroatoms. The fourth-order valence-corrected chi connectivity index (χ4v) is 1.16. The van der Waals surface area contributed by atoms with Crippen molar-refractivity contribution in [2.24, 2.45) is 14.1 Å². The van der Waals surface area contributed by atoms with Gasteiger partial charge in [0.25, 0.3) is 0 Å². The molecule has 6 nitrogen and oxygen atoms in total. The number of carbonyl (C=O) groups is 1. The van der Waals surface area contributed by atoms with Crippen molar-refractivity contribution >= 4 is 5.78 Å². The SMILES string of the molecule is Cn1cnc(C(=O)c2cnnn2C)c1. The molecule has 0 amide bonds.